The zero-order chi connectivity index (χ0) is 14.8. The van der Waals surface area contributed by atoms with Gasteiger partial charge < -0.3 is 10.5 Å². The number of rotatable bonds is 3. The number of benzene rings is 2. The Labute approximate surface area is 130 Å². The van der Waals surface area contributed by atoms with E-state index in [9.17, 15) is 4.79 Å². The minimum absolute atomic E-state index is 0.140. The van der Waals surface area contributed by atoms with Crippen LogP contribution in [0.4, 0.5) is 5.69 Å². The fourth-order valence-electron chi connectivity index (χ4n) is 1.86. The van der Waals surface area contributed by atoms with Gasteiger partial charge in [0, 0.05) is 0 Å². The lowest BCUT2D eigenvalue weighted by Crippen LogP contribution is -2.05. The van der Waals surface area contributed by atoms with E-state index >= 15 is 0 Å². The summed E-state index contributed by atoms with van der Waals surface area (Å²) in [5.74, 6) is -0.447. The van der Waals surface area contributed by atoms with Crippen molar-refractivity contribution in [2.75, 3.05) is 5.73 Å². The van der Waals surface area contributed by atoms with Crippen molar-refractivity contribution in [3.63, 3.8) is 0 Å². The van der Waals surface area contributed by atoms with Gasteiger partial charge in [0.15, 0.2) is 0 Å². The molecule has 6 heteroatoms. The molecule has 0 saturated heterocycles. The van der Waals surface area contributed by atoms with Crippen molar-refractivity contribution in [1.29, 1.82) is 0 Å². The average Bonchev–Trinajstić information content (AvgIpc) is 2.90. The fourth-order valence-corrected chi connectivity index (χ4v) is 2.86. The molecule has 3 rings (SSSR count). The first kappa shape index (κ1) is 13.9. The number of hydrogen-bond acceptors (Lipinski definition) is 5. The molecule has 2 aromatic carbocycles. The predicted octanol–water partition coefficient (Wildman–Crippen LogP) is 3.89. The van der Waals surface area contributed by atoms with Crippen LogP contribution in [-0.2, 0) is 11.3 Å². The highest BCUT2D eigenvalue weighted by atomic mass is 35.5. The van der Waals surface area contributed by atoms with Crippen molar-refractivity contribution in [3.05, 3.63) is 58.1 Å². The number of nitrogens with zero attached hydrogens (tertiary/aromatic N) is 1. The first-order valence-electron chi connectivity index (χ1n) is 6.20. The normalized spacial score (nSPS) is 10.7. The van der Waals surface area contributed by atoms with Gasteiger partial charge in [-0.3, -0.25) is 0 Å². The molecular weight excluding hydrogens is 308 g/mol. The van der Waals surface area contributed by atoms with Gasteiger partial charge in [0.2, 0.25) is 0 Å². The van der Waals surface area contributed by atoms with Gasteiger partial charge in [0.05, 0.1) is 26.5 Å². The van der Waals surface area contributed by atoms with E-state index in [-0.39, 0.29) is 6.61 Å². The molecule has 106 valence electrons. The molecule has 1 aromatic heterocycles. The average molecular weight is 319 g/mol. The van der Waals surface area contributed by atoms with E-state index in [2.05, 4.69) is 4.98 Å². The largest absolute Gasteiger partial charge is 0.455 e. The summed E-state index contributed by atoms with van der Waals surface area (Å²) in [6, 6.07) is 12.4. The number of halogens is 1. The van der Waals surface area contributed by atoms with Crippen molar-refractivity contribution in [3.8, 4) is 0 Å². The maximum absolute atomic E-state index is 12.0. The summed E-state index contributed by atoms with van der Waals surface area (Å²) in [7, 11) is 0. The standard InChI is InChI=1S/C15H11ClN2O2S/c16-10-6-5-9(7-11(10)17)15(19)20-8-14-18-12-3-1-2-4-13(12)21-14/h1-7H,8,17H2. The molecule has 0 spiro atoms. The molecule has 0 bridgehead atoms. The molecule has 0 amide bonds. The quantitative estimate of drug-likeness (QED) is 0.587. The summed E-state index contributed by atoms with van der Waals surface area (Å²) in [5, 5.41) is 1.17. The molecule has 0 fully saturated rings. The Morgan fingerprint density at radius 2 is 2.10 bits per heavy atom. The lowest BCUT2D eigenvalue weighted by Gasteiger charge is -2.04. The zero-order valence-electron chi connectivity index (χ0n) is 10.9. The first-order valence-corrected chi connectivity index (χ1v) is 7.39. The number of para-hydroxylation sites is 1. The highest BCUT2D eigenvalue weighted by molar-refractivity contribution is 7.18. The predicted molar refractivity (Wildman–Crippen MR) is 84.6 cm³/mol. The van der Waals surface area contributed by atoms with Gasteiger partial charge in [-0.05, 0) is 30.3 Å². The number of nitrogen functional groups attached to an aromatic ring is 1. The molecule has 0 aliphatic carbocycles. The van der Waals surface area contributed by atoms with Crippen molar-refractivity contribution in [1.82, 2.24) is 4.98 Å². The molecule has 0 aliphatic heterocycles. The SMILES string of the molecule is Nc1cc(C(=O)OCc2nc3ccccc3s2)ccc1Cl. The molecule has 0 radical (unpaired) electrons. The van der Waals surface area contributed by atoms with Crippen LogP contribution in [0.15, 0.2) is 42.5 Å². The second-order valence-corrected chi connectivity index (χ2v) is 5.91. The van der Waals surface area contributed by atoms with Gasteiger partial charge in [0.25, 0.3) is 0 Å². The number of esters is 1. The van der Waals surface area contributed by atoms with E-state index in [1.807, 2.05) is 24.3 Å². The number of aromatic nitrogens is 1. The number of fused-ring (bicyclic) bond motifs is 1. The van der Waals surface area contributed by atoms with Crippen LogP contribution in [0.25, 0.3) is 10.2 Å². The highest BCUT2D eigenvalue weighted by Gasteiger charge is 2.11. The van der Waals surface area contributed by atoms with Gasteiger partial charge in [-0.1, -0.05) is 23.7 Å². The number of carbonyl (C=O) groups is 1. The Hall–Kier alpha value is -2.11. The molecule has 0 aliphatic rings. The van der Waals surface area contributed by atoms with E-state index in [1.165, 1.54) is 17.4 Å². The molecule has 0 unspecified atom stereocenters. The zero-order valence-corrected chi connectivity index (χ0v) is 12.4. The summed E-state index contributed by atoms with van der Waals surface area (Å²) in [6.45, 7) is 0.140. The van der Waals surface area contributed by atoms with Crippen LogP contribution in [0.1, 0.15) is 15.4 Å². The third-order valence-electron chi connectivity index (χ3n) is 2.90. The number of hydrogen-bond donors (Lipinski definition) is 1. The summed E-state index contributed by atoms with van der Waals surface area (Å²) in [5.41, 5.74) is 7.30. The second-order valence-electron chi connectivity index (χ2n) is 4.39. The van der Waals surface area contributed by atoms with E-state index in [0.717, 1.165) is 15.2 Å². The number of ether oxygens (including phenoxy) is 1. The molecule has 0 atom stereocenters. The van der Waals surface area contributed by atoms with Gasteiger partial charge >= 0.3 is 5.97 Å². The molecular formula is C15H11ClN2O2S. The van der Waals surface area contributed by atoms with Crippen LogP contribution in [-0.4, -0.2) is 11.0 Å². The minimum Gasteiger partial charge on any atom is -0.455 e. The Morgan fingerprint density at radius 1 is 1.29 bits per heavy atom. The van der Waals surface area contributed by atoms with Crippen molar-refractivity contribution >= 4 is 44.8 Å². The highest BCUT2D eigenvalue weighted by Crippen LogP contribution is 2.23. The van der Waals surface area contributed by atoms with Crippen LogP contribution < -0.4 is 5.73 Å². The molecule has 0 saturated carbocycles. The number of anilines is 1. The van der Waals surface area contributed by atoms with E-state index in [0.29, 0.717) is 16.3 Å². The van der Waals surface area contributed by atoms with Gasteiger partial charge in [-0.25, -0.2) is 9.78 Å². The number of nitrogens with two attached hydrogens (primary N) is 1. The van der Waals surface area contributed by atoms with Crippen molar-refractivity contribution in [2.24, 2.45) is 0 Å². The van der Waals surface area contributed by atoms with Gasteiger partial charge in [-0.15, -0.1) is 11.3 Å². The van der Waals surface area contributed by atoms with Gasteiger partial charge in [0.1, 0.15) is 11.6 Å². The fraction of sp³-hybridized carbons (Fsp3) is 0.0667. The summed E-state index contributed by atoms with van der Waals surface area (Å²) >= 11 is 7.32. The summed E-state index contributed by atoms with van der Waals surface area (Å²) in [4.78, 5) is 16.4. The maximum Gasteiger partial charge on any atom is 0.338 e. The Balaban J connectivity index is 1.71. The summed E-state index contributed by atoms with van der Waals surface area (Å²) < 4.78 is 6.32. The third kappa shape index (κ3) is 2.99. The van der Waals surface area contributed by atoms with E-state index in [1.54, 1.807) is 12.1 Å². The monoisotopic (exact) mass is 318 g/mol. The van der Waals surface area contributed by atoms with E-state index < -0.39 is 5.97 Å². The number of thiazole rings is 1. The van der Waals surface area contributed by atoms with Crippen LogP contribution in [0.2, 0.25) is 5.02 Å². The lowest BCUT2D eigenvalue weighted by molar-refractivity contribution is 0.0472. The minimum atomic E-state index is -0.447. The molecule has 4 nitrogen and oxygen atoms in total. The first-order chi connectivity index (χ1) is 10.1. The molecule has 2 N–H and O–H groups in total. The van der Waals surface area contributed by atoms with Crippen molar-refractivity contribution < 1.29 is 9.53 Å². The summed E-state index contributed by atoms with van der Waals surface area (Å²) in [6.07, 6.45) is 0. The van der Waals surface area contributed by atoms with Crippen LogP contribution in [0.5, 0.6) is 0 Å². The molecule has 3 aromatic rings. The van der Waals surface area contributed by atoms with Crippen LogP contribution in [0.3, 0.4) is 0 Å². The lowest BCUT2D eigenvalue weighted by atomic mass is 10.2. The Morgan fingerprint density at radius 3 is 2.86 bits per heavy atom. The van der Waals surface area contributed by atoms with Crippen LogP contribution >= 0.6 is 22.9 Å². The van der Waals surface area contributed by atoms with Crippen molar-refractivity contribution in [2.45, 2.75) is 6.61 Å². The maximum atomic E-state index is 12.0. The topological polar surface area (TPSA) is 65.2 Å². The Bertz CT molecular complexity index is 783. The number of carbonyl (C=O) groups excluding carboxylic acids is 1. The van der Waals surface area contributed by atoms with Gasteiger partial charge in [-0.2, -0.15) is 0 Å². The second kappa shape index (κ2) is 5.71. The Kier molecular flexibility index (Phi) is 3.77. The molecule has 1 heterocycles. The smallest absolute Gasteiger partial charge is 0.338 e. The third-order valence-corrected chi connectivity index (χ3v) is 4.25. The van der Waals surface area contributed by atoms with Crippen LogP contribution in [0, 0.1) is 0 Å². The molecule has 21 heavy (non-hydrogen) atoms. The van der Waals surface area contributed by atoms with E-state index in [4.69, 9.17) is 22.1 Å².